The first-order valence-corrected chi connectivity index (χ1v) is 5.05. The molecule has 5 heteroatoms. The molecule has 0 spiro atoms. The van der Waals surface area contributed by atoms with E-state index in [1.54, 1.807) is 13.8 Å². The van der Waals surface area contributed by atoms with Gasteiger partial charge in [0.1, 0.15) is 0 Å². The summed E-state index contributed by atoms with van der Waals surface area (Å²) in [7, 11) is 0. The summed E-state index contributed by atoms with van der Waals surface area (Å²) in [6.45, 7) is 7.51. The lowest BCUT2D eigenvalue weighted by atomic mass is 10.1. The molecule has 0 N–H and O–H groups in total. The van der Waals surface area contributed by atoms with Crippen LogP contribution in [0, 0.1) is 5.82 Å². The van der Waals surface area contributed by atoms with E-state index in [1.807, 2.05) is 13.8 Å². The lowest BCUT2D eigenvalue weighted by Gasteiger charge is -2.09. The molecule has 92 valence electrons. The van der Waals surface area contributed by atoms with Gasteiger partial charge in [-0.3, -0.25) is 0 Å². The number of pyridine rings is 1. The largest absolute Gasteiger partial charge is 0.436 e. The van der Waals surface area contributed by atoms with E-state index in [0.29, 0.717) is 5.56 Å². The van der Waals surface area contributed by atoms with Gasteiger partial charge in [-0.1, -0.05) is 27.7 Å². The van der Waals surface area contributed by atoms with Crippen molar-refractivity contribution in [3.63, 3.8) is 0 Å². The van der Waals surface area contributed by atoms with Gasteiger partial charge < -0.3 is 0 Å². The van der Waals surface area contributed by atoms with Crippen LogP contribution in [-0.4, -0.2) is 4.98 Å². The quantitative estimate of drug-likeness (QED) is 0.660. The minimum absolute atomic E-state index is 0.0423. The molecule has 0 aliphatic heterocycles. The summed E-state index contributed by atoms with van der Waals surface area (Å²) in [4.78, 5) is 3.07. The Hall–Kier alpha value is -1.13. The van der Waals surface area contributed by atoms with Crippen molar-refractivity contribution >= 4 is 0 Å². The molecule has 1 heterocycles. The molecule has 0 radical (unpaired) electrons. The van der Waals surface area contributed by atoms with E-state index >= 15 is 0 Å². The minimum atomic E-state index is -4.72. The van der Waals surface area contributed by atoms with Crippen molar-refractivity contribution in [2.75, 3.05) is 0 Å². The molecule has 0 saturated carbocycles. The molecule has 1 aromatic heterocycles. The van der Waals surface area contributed by atoms with Crippen LogP contribution in [0.25, 0.3) is 0 Å². The highest BCUT2D eigenvalue weighted by atomic mass is 19.4. The number of rotatable bonds is 1. The van der Waals surface area contributed by atoms with Crippen molar-refractivity contribution in [1.29, 1.82) is 0 Å². The van der Waals surface area contributed by atoms with Crippen molar-refractivity contribution in [3.8, 4) is 0 Å². The first-order chi connectivity index (χ1) is 7.32. The van der Waals surface area contributed by atoms with Crippen LogP contribution in [0.2, 0.25) is 0 Å². The van der Waals surface area contributed by atoms with Gasteiger partial charge in [-0.25, -0.2) is 9.37 Å². The van der Waals surface area contributed by atoms with Crippen molar-refractivity contribution < 1.29 is 17.6 Å². The average Bonchev–Trinajstić information content (AvgIpc) is 2.18. The van der Waals surface area contributed by atoms with Gasteiger partial charge in [0.2, 0.25) is 0 Å². The summed E-state index contributed by atoms with van der Waals surface area (Å²) in [5.74, 6) is -1.36. The maximum absolute atomic E-state index is 12.9. The monoisotopic (exact) mass is 237 g/mol. The molecule has 0 atom stereocenters. The molecule has 0 aliphatic rings. The molecule has 0 aliphatic carbocycles. The number of hydrogen-bond donors (Lipinski definition) is 0. The van der Waals surface area contributed by atoms with E-state index in [9.17, 15) is 17.6 Å². The fraction of sp³-hybridized carbons (Fsp3) is 0.545. The first-order valence-electron chi connectivity index (χ1n) is 5.05. The Bertz CT molecular complexity index is 331. The normalized spacial score (nSPS) is 11.1. The second-order valence-corrected chi connectivity index (χ2v) is 3.25. The lowest BCUT2D eigenvalue weighted by molar-refractivity contribution is -0.143. The molecule has 0 unspecified atom stereocenters. The maximum atomic E-state index is 12.9. The summed E-state index contributed by atoms with van der Waals surface area (Å²) in [5.41, 5.74) is -1.00. The summed E-state index contributed by atoms with van der Waals surface area (Å²) >= 11 is 0. The van der Waals surface area contributed by atoms with E-state index in [2.05, 4.69) is 4.98 Å². The van der Waals surface area contributed by atoms with Crippen LogP contribution in [0.3, 0.4) is 0 Å². The molecule has 1 rings (SSSR count). The third-order valence-corrected chi connectivity index (χ3v) is 1.80. The molecule has 0 saturated heterocycles. The second-order valence-electron chi connectivity index (χ2n) is 3.25. The van der Waals surface area contributed by atoms with Crippen LogP contribution in [0.4, 0.5) is 17.6 Å². The lowest BCUT2D eigenvalue weighted by Crippen LogP contribution is -2.11. The number of aromatic nitrogens is 1. The number of alkyl halides is 3. The topological polar surface area (TPSA) is 12.9 Å². The van der Waals surface area contributed by atoms with Crippen molar-refractivity contribution in [3.05, 3.63) is 29.3 Å². The molecule has 0 fully saturated rings. The molecular weight excluding hydrogens is 222 g/mol. The third kappa shape index (κ3) is 3.79. The number of hydrogen-bond acceptors (Lipinski definition) is 1. The van der Waals surface area contributed by atoms with Gasteiger partial charge in [0.25, 0.3) is 0 Å². The van der Waals surface area contributed by atoms with Crippen LogP contribution in [0.1, 0.15) is 44.9 Å². The molecule has 0 amide bonds. The van der Waals surface area contributed by atoms with E-state index < -0.39 is 17.7 Å². The second kappa shape index (κ2) is 5.82. The smallest absolute Gasteiger partial charge is 0.249 e. The summed E-state index contributed by atoms with van der Waals surface area (Å²) in [6.07, 6.45) is -3.67. The summed E-state index contributed by atoms with van der Waals surface area (Å²) < 4.78 is 49.2. The van der Waals surface area contributed by atoms with Gasteiger partial charge >= 0.3 is 6.18 Å². The molecule has 16 heavy (non-hydrogen) atoms. The van der Waals surface area contributed by atoms with Crippen molar-refractivity contribution in [1.82, 2.24) is 4.98 Å². The standard InChI is InChI=1S/C9H9F4N.C2H6/c1-5(2)6-3-7(10)8(14-4-6)9(11,12)13;1-2/h3-5H,1-2H3;1-2H3. The number of nitrogens with zero attached hydrogens (tertiary/aromatic N) is 1. The van der Waals surface area contributed by atoms with Gasteiger partial charge in [0, 0.05) is 6.20 Å². The molecule has 0 bridgehead atoms. The minimum Gasteiger partial charge on any atom is -0.249 e. The summed E-state index contributed by atoms with van der Waals surface area (Å²) in [5, 5.41) is 0. The van der Waals surface area contributed by atoms with Gasteiger partial charge in [0.15, 0.2) is 11.5 Å². The summed E-state index contributed by atoms with van der Waals surface area (Å²) in [6, 6.07) is 0.875. The Kier molecular flexibility index (Phi) is 5.41. The highest BCUT2D eigenvalue weighted by molar-refractivity contribution is 5.20. The molecular formula is C11H15F4N. The third-order valence-electron chi connectivity index (χ3n) is 1.80. The highest BCUT2D eigenvalue weighted by Gasteiger charge is 2.36. The van der Waals surface area contributed by atoms with Crippen molar-refractivity contribution in [2.45, 2.75) is 39.8 Å². The van der Waals surface area contributed by atoms with Gasteiger partial charge in [0.05, 0.1) is 0 Å². The molecule has 1 aromatic rings. The van der Waals surface area contributed by atoms with E-state index in [-0.39, 0.29) is 5.92 Å². The zero-order chi connectivity index (χ0) is 12.9. The Morgan fingerprint density at radius 2 is 1.69 bits per heavy atom. The van der Waals surface area contributed by atoms with Crippen LogP contribution in [0.5, 0.6) is 0 Å². The predicted octanol–water partition coefficient (Wildman–Crippen LogP) is 4.39. The Labute approximate surface area is 92.5 Å². The number of halogens is 4. The fourth-order valence-corrected chi connectivity index (χ4v) is 0.977. The van der Waals surface area contributed by atoms with Gasteiger partial charge in [-0.05, 0) is 17.5 Å². The Morgan fingerprint density at radius 1 is 1.19 bits per heavy atom. The van der Waals surface area contributed by atoms with Gasteiger partial charge in [-0.2, -0.15) is 13.2 Å². The maximum Gasteiger partial charge on any atom is 0.436 e. The first kappa shape index (κ1) is 14.9. The zero-order valence-electron chi connectivity index (χ0n) is 9.69. The predicted molar refractivity (Wildman–Crippen MR) is 54.6 cm³/mol. The fourth-order valence-electron chi connectivity index (χ4n) is 0.977. The molecule has 1 nitrogen and oxygen atoms in total. The van der Waals surface area contributed by atoms with Crippen LogP contribution >= 0.6 is 0 Å². The van der Waals surface area contributed by atoms with Gasteiger partial charge in [-0.15, -0.1) is 0 Å². The van der Waals surface area contributed by atoms with E-state index in [4.69, 9.17) is 0 Å². The van der Waals surface area contributed by atoms with Crippen LogP contribution in [-0.2, 0) is 6.18 Å². The molecule has 0 aromatic carbocycles. The Morgan fingerprint density at radius 3 is 2.00 bits per heavy atom. The SMILES string of the molecule is CC.CC(C)c1cnc(C(F)(F)F)c(F)c1. The Balaban J connectivity index is 0.00000106. The van der Waals surface area contributed by atoms with E-state index in [1.165, 1.54) is 0 Å². The van der Waals surface area contributed by atoms with Crippen LogP contribution < -0.4 is 0 Å². The van der Waals surface area contributed by atoms with Crippen molar-refractivity contribution in [2.24, 2.45) is 0 Å². The average molecular weight is 237 g/mol. The van der Waals surface area contributed by atoms with E-state index in [0.717, 1.165) is 12.3 Å². The zero-order valence-corrected chi connectivity index (χ0v) is 9.69. The highest BCUT2D eigenvalue weighted by Crippen LogP contribution is 2.30. The van der Waals surface area contributed by atoms with Crippen LogP contribution in [0.15, 0.2) is 12.3 Å².